The van der Waals surface area contributed by atoms with Crippen LogP contribution in [0.5, 0.6) is 0 Å². The molecule has 0 radical (unpaired) electrons. The number of aromatic nitrogens is 2. The Labute approximate surface area is 143 Å². The molecule has 0 fully saturated rings. The highest BCUT2D eigenvalue weighted by molar-refractivity contribution is 6.30. The molecule has 3 nitrogen and oxygen atoms in total. The summed E-state index contributed by atoms with van der Waals surface area (Å²) in [6.07, 6.45) is -0.527. The van der Waals surface area contributed by atoms with Crippen molar-refractivity contribution in [1.82, 2.24) is 9.97 Å². The Morgan fingerprint density at radius 3 is 2.33 bits per heavy atom. The number of benzene rings is 1. The number of nitrogens with zero attached hydrogens (tertiary/aromatic N) is 3. The first kappa shape index (κ1) is 18.2. The second kappa shape index (κ2) is 7.63. The van der Waals surface area contributed by atoms with E-state index in [4.69, 9.17) is 11.6 Å². The third-order valence-corrected chi connectivity index (χ3v) is 4.03. The van der Waals surface area contributed by atoms with Crippen LogP contribution in [0.15, 0.2) is 42.9 Å². The number of rotatable bonds is 6. The Hall–Kier alpha value is -2.13. The van der Waals surface area contributed by atoms with Gasteiger partial charge in [-0.15, -0.1) is 0 Å². The Kier molecular flexibility index (Phi) is 5.79. The average molecular weight is 354 g/mol. The van der Waals surface area contributed by atoms with Gasteiger partial charge in [0.05, 0.1) is 17.2 Å². The minimum absolute atomic E-state index is 0.0707. The fourth-order valence-corrected chi connectivity index (χ4v) is 2.71. The quantitative estimate of drug-likeness (QED) is 0.744. The lowest BCUT2D eigenvalue weighted by Crippen LogP contribution is -2.28. The maximum atomic E-state index is 12.5. The smallest absolute Gasteiger partial charge is 0.261 e. The summed E-state index contributed by atoms with van der Waals surface area (Å²) >= 11 is 5.88. The predicted molar refractivity (Wildman–Crippen MR) is 84.4 cm³/mol. The minimum atomic E-state index is -4.24. The molecule has 0 saturated carbocycles. The van der Waals surface area contributed by atoms with Gasteiger partial charge in [0.25, 0.3) is 0 Å². The topological polar surface area (TPSA) is 49.6 Å². The van der Waals surface area contributed by atoms with Gasteiger partial charge in [0.15, 0.2) is 0 Å². The van der Waals surface area contributed by atoms with Gasteiger partial charge in [-0.05, 0) is 30.5 Å². The third-order valence-electron chi connectivity index (χ3n) is 3.77. The van der Waals surface area contributed by atoms with Crippen LogP contribution in [-0.2, 0) is 11.8 Å². The van der Waals surface area contributed by atoms with Crippen LogP contribution in [0, 0.1) is 11.3 Å². The summed E-state index contributed by atoms with van der Waals surface area (Å²) in [7, 11) is 0. The minimum Gasteiger partial charge on any atom is -0.261 e. The molecule has 7 heteroatoms. The first-order chi connectivity index (χ1) is 11.3. The summed E-state index contributed by atoms with van der Waals surface area (Å²) in [4.78, 5) is 8.11. The predicted octanol–water partition coefficient (Wildman–Crippen LogP) is 4.87. The molecule has 24 heavy (non-hydrogen) atoms. The molecule has 0 amide bonds. The zero-order valence-electron chi connectivity index (χ0n) is 12.7. The van der Waals surface area contributed by atoms with Crippen molar-refractivity contribution < 1.29 is 13.2 Å². The second-order valence-electron chi connectivity index (χ2n) is 5.54. The average Bonchev–Trinajstić information content (AvgIpc) is 2.54. The van der Waals surface area contributed by atoms with Gasteiger partial charge in [0.1, 0.15) is 0 Å². The Morgan fingerprint density at radius 2 is 1.79 bits per heavy atom. The van der Waals surface area contributed by atoms with E-state index < -0.39 is 18.0 Å². The molecule has 0 saturated heterocycles. The van der Waals surface area contributed by atoms with Crippen molar-refractivity contribution in [1.29, 1.82) is 5.26 Å². The normalized spacial score (nSPS) is 14.0. The lowest BCUT2D eigenvalue weighted by molar-refractivity contribution is -0.136. The van der Waals surface area contributed by atoms with E-state index in [1.807, 2.05) is 0 Å². The molecule has 0 aliphatic carbocycles. The zero-order chi connectivity index (χ0) is 17.6. The molecule has 0 aliphatic rings. The molecule has 2 aromatic rings. The molecule has 0 bridgehead atoms. The highest BCUT2D eigenvalue weighted by Crippen LogP contribution is 2.35. The number of hydrogen-bond donors (Lipinski definition) is 0. The Morgan fingerprint density at radius 1 is 1.08 bits per heavy atom. The number of nitriles is 1. The number of alkyl halides is 3. The highest BCUT2D eigenvalue weighted by atomic mass is 35.5. The summed E-state index contributed by atoms with van der Waals surface area (Å²) < 4.78 is 37.5. The molecule has 1 aromatic heterocycles. The molecular weight excluding hydrogens is 339 g/mol. The van der Waals surface area contributed by atoms with E-state index in [1.165, 1.54) is 18.6 Å². The van der Waals surface area contributed by atoms with E-state index in [1.54, 1.807) is 24.3 Å². The molecule has 1 aromatic carbocycles. The molecule has 1 heterocycles. The van der Waals surface area contributed by atoms with Crippen molar-refractivity contribution in [3.05, 3.63) is 59.1 Å². The summed E-state index contributed by atoms with van der Waals surface area (Å²) in [5.41, 5.74) is 0.0783. The van der Waals surface area contributed by atoms with Crippen LogP contribution in [0.1, 0.15) is 30.5 Å². The third kappa shape index (κ3) is 4.93. The Bertz CT molecular complexity index is 696. The monoisotopic (exact) mass is 353 g/mol. The maximum absolute atomic E-state index is 12.5. The van der Waals surface area contributed by atoms with Crippen LogP contribution in [0.3, 0.4) is 0 Å². The van der Waals surface area contributed by atoms with Crippen molar-refractivity contribution in [3.8, 4) is 6.07 Å². The first-order valence-electron chi connectivity index (χ1n) is 7.34. The van der Waals surface area contributed by atoms with Gasteiger partial charge in [-0.25, -0.2) is 0 Å². The largest absolute Gasteiger partial charge is 0.389 e. The molecule has 0 spiro atoms. The van der Waals surface area contributed by atoms with E-state index in [0.29, 0.717) is 16.3 Å². The second-order valence-corrected chi connectivity index (χ2v) is 5.98. The van der Waals surface area contributed by atoms with Crippen LogP contribution < -0.4 is 0 Å². The van der Waals surface area contributed by atoms with E-state index in [0.717, 1.165) is 0 Å². The molecule has 0 aliphatic heterocycles. The molecule has 2 rings (SSSR count). The summed E-state index contributed by atoms with van der Waals surface area (Å²) in [6, 6.07) is 8.82. The number of halogens is 4. The van der Waals surface area contributed by atoms with E-state index in [9.17, 15) is 18.4 Å². The SMILES string of the molecule is N#CC(CCCC(F)(F)F)(Cc1cnccn1)c1ccc(Cl)cc1. The van der Waals surface area contributed by atoms with Crippen molar-refractivity contribution in [2.24, 2.45) is 0 Å². The molecule has 0 N–H and O–H groups in total. The molecular formula is C17H15ClF3N3. The van der Waals surface area contributed by atoms with Crippen LogP contribution >= 0.6 is 11.6 Å². The molecule has 1 unspecified atom stereocenters. The van der Waals surface area contributed by atoms with Crippen molar-refractivity contribution in [3.63, 3.8) is 0 Å². The standard InChI is InChI=1S/C17H15ClF3N3/c18-14-4-2-13(3-5-14)16(12-22,6-1-7-17(19,20)21)10-15-11-23-8-9-24-15/h2-5,8-9,11H,1,6-7,10H2. The highest BCUT2D eigenvalue weighted by Gasteiger charge is 2.35. The van der Waals surface area contributed by atoms with Gasteiger partial charge in [-0.3, -0.25) is 9.97 Å². The van der Waals surface area contributed by atoms with Crippen LogP contribution in [0.25, 0.3) is 0 Å². The lowest BCUT2D eigenvalue weighted by Gasteiger charge is -2.27. The van der Waals surface area contributed by atoms with Crippen molar-refractivity contribution in [2.75, 3.05) is 0 Å². The van der Waals surface area contributed by atoms with Gasteiger partial charge in [0, 0.05) is 36.5 Å². The fraction of sp³-hybridized carbons (Fsp3) is 0.353. The zero-order valence-corrected chi connectivity index (χ0v) is 13.5. The molecule has 126 valence electrons. The molecule has 1 atom stereocenters. The Balaban J connectivity index is 2.31. The maximum Gasteiger partial charge on any atom is 0.389 e. The lowest BCUT2D eigenvalue weighted by atomic mass is 9.74. The van der Waals surface area contributed by atoms with E-state index in [-0.39, 0.29) is 19.3 Å². The number of hydrogen-bond acceptors (Lipinski definition) is 3. The van der Waals surface area contributed by atoms with Gasteiger partial charge in [-0.1, -0.05) is 23.7 Å². The van der Waals surface area contributed by atoms with Crippen LogP contribution in [0.2, 0.25) is 5.02 Å². The van der Waals surface area contributed by atoms with Gasteiger partial charge < -0.3 is 0 Å². The van der Waals surface area contributed by atoms with Gasteiger partial charge >= 0.3 is 6.18 Å². The van der Waals surface area contributed by atoms with Crippen molar-refractivity contribution >= 4 is 11.6 Å². The van der Waals surface area contributed by atoms with Gasteiger partial charge in [-0.2, -0.15) is 18.4 Å². The van der Waals surface area contributed by atoms with Gasteiger partial charge in [0.2, 0.25) is 0 Å². The first-order valence-corrected chi connectivity index (χ1v) is 7.71. The summed E-state index contributed by atoms with van der Waals surface area (Å²) in [5, 5.41) is 10.3. The van der Waals surface area contributed by atoms with E-state index >= 15 is 0 Å². The van der Waals surface area contributed by atoms with Crippen LogP contribution in [0.4, 0.5) is 13.2 Å². The summed E-state index contributed by atoms with van der Waals surface area (Å²) in [5.74, 6) is 0. The van der Waals surface area contributed by atoms with E-state index in [2.05, 4.69) is 16.0 Å². The fourth-order valence-electron chi connectivity index (χ4n) is 2.58. The van der Waals surface area contributed by atoms with Crippen LogP contribution in [-0.4, -0.2) is 16.1 Å². The van der Waals surface area contributed by atoms with Crippen molar-refractivity contribution in [2.45, 2.75) is 37.3 Å². The summed E-state index contributed by atoms with van der Waals surface area (Å²) in [6.45, 7) is 0.